The summed E-state index contributed by atoms with van der Waals surface area (Å²) in [7, 11) is 0. The predicted octanol–water partition coefficient (Wildman–Crippen LogP) is 3.86. The molecule has 0 saturated carbocycles. The summed E-state index contributed by atoms with van der Waals surface area (Å²) < 4.78 is 22.4. The Balaban J connectivity index is 2.04. The fourth-order valence-corrected chi connectivity index (χ4v) is 3.67. The van der Waals surface area contributed by atoms with Crippen LogP contribution in [0.2, 0.25) is 0 Å². The lowest BCUT2D eigenvalue weighted by molar-refractivity contribution is -0.159. The molecule has 3 amide bonds. The van der Waals surface area contributed by atoms with Gasteiger partial charge in [-0.05, 0) is 67.7 Å². The fraction of sp³-hybridized carbons (Fsp3) is 0.800. The average Bonchev–Trinajstić information content (AvgIpc) is 3.43. The SMILES string of the molecule is CCCCOC(C)C(NC(=O)OC(C)(C)C)c1nnc(CNC(=O)N2CCCC2C(=O)OC(C)(C)C)o1. The first-order chi connectivity index (χ1) is 17.2. The number of aromatic nitrogens is 2. The van der Waals surface area contributed by atoms with Crippen LogP contribution in [0.25, 0.3) is 0 Å². The Labute approximate surface area is 219 Å². The number of ether oxygens (including phenoxy) is 3. The lowest BCUT2D eigenvalue weighted by Gasteiger charge is -2.27. The first kappa shape index (κ1) is 30.3. The molecule has 0 aromatic carbocycles. The van der Waals surface area contributed by atoms with Crippen LogP contribution in [-0.2, 0) is 25.5 Å². The zero-order valence-corrected chi connectivity index (χ0v) is 23.4. The summed E-state index contributed by atoms with van der Waals surface area (Å²) in [5.74, 6) is -0.145. The summed E-state index contributed by atoms with van der Waals surface area (Å²) in [6.45, 7) is 15.4. The smallest absolute Gasteiger partial charge is 0.408 e. The topological polar surface area (TPSA) is 145 Å². The molecule has 2 N–H and O–H groups in total. The highest BCUT2D eigenvalue weighted by atomic mass is 16.6. The molecule has 210 valence electrons. The Bertz CT molecular complexity index is 906. The second kappa shape index (κ2) is 13.1. The van der Waals surface area contributed by atoms with Crippen LogP contribution < -0.4 is 10.6 Å². The minimum atomic E-state index is -0.751. The number of amides is 3. The minimum Gasteiger partial charge on any atom is -0.458 e. The van der Waals surface area contributed by atoms with Crippen molar-refractivity contribution >= 4 is 18.1 Å². The molecule has 0 aliphatic carbocycles. The lowest BCUT2D eigenvalue weighted by atomic mass is 10.1. The van der Waals surface area contributed by atoms with Crippen molar-refractivity contribution in [1.82, 2.24) is 25.7 Å². The first-order valence-electron chi connectivity index (χ1n) is 12.9. The quantitative estimate of drug-likeness (QED) is 0.343. The monoisotopic (exact) mass is 525 g/mol. The van der Waals surface area contributed by atoms with E-state index in [2.05, 4.69) is 27.8 Å². The van der Waals surface area contributed by atoms with E-state index < -0.39 is 47.5 Å². The number of unbranched alkanes of at least 4 members (excludes halogenated alkanes) is 1. The van der Waals surface area contributed by atoms with Crippen LogP contribution in [0.1, 0.15) is 98.9 Å². The van der Waals surface area contributed by atoms with E-state index in [0.717, 1.165) is 12.8 Å². The number of rotatable bonds is 10. The second-order valence-corrected chi connectivity index (χ2v) is 11.1. The van der Waals surface area contributed by atoms with E-state index in [0.29, 0.717) is 26.0 Å². The number of hydrogen-bond acceptors (Lipinski definition) is 9. The van der Waals surface area contributed by atoms with E-state index in [4.69, 9.17) is 18.6 Å². The van der Waals surface area contributed by atoms with Crippen molar-refractivity contribution in [3.05, 3.63) is 11.8 Å². The van der Waals surface area contributed by atoms with E-state index >= 15 is 0 Å². The maximum absolute atomic E-state index is 12.8. The van der Waals surface area contributed by atoms with Crippen molar-refractivity contribution in [1.29, 1.82) is 0 Å². The third-order valence-electron chi connectivity index (χ3n) is 5.35. The molecule has 3 atom stereocenters. The Kier molecular flexibility index (Phi) is 10.7. The molecule has 0 bridgehead atoms. The molecule has 0 spiro atoms. The van der Waals surface area contributed by atoms with Gasteiger partial charge < -0.3 is 34.2 Å². The number of carbonyl (C=O) groups is 3. The van der Waals surface area contributed by atoms with Crippen molar-refractivity contribution < 1.29 is 33.0 Å². The highest BCUT2D eigenvalue weighted by molar-refractivity contribution is 5.84. The molecule has 1 aromatic rings. The van der Waals surface area contributed by atoms with Gasteiger partial charge >= 0.3 is 18.1 Å². The van der Waals surface area contributed by atoms with Crippen molar-refractivity contribution in [3.8, 4) is 0 Å². The Morgan fingerprint density at radius 3 is 2.41 bits per heavy atom. The third kappa shape index (κ3) is 10.2. The number of carbonyl (C=O) groups excluding carboxylic acids is 3. The van der Waals surface area contributed by atoms with E-state index in [1.165, 1.54) is 4.90 Å². The Morgan fingerprint density at radius 2 is 1.78 bits per heavy atom. The molecule has 2 rings (SSSR count). The standard InChI is InChI=1S/C25H43N5O7/c1-9-10-14-34-16(2)19(27-23(33)37-25(6,7)8)20-29-28-18(35-20)15-26-22(32)30-13-11-12-17(30)21(31)36-24(3,4)5/h16-17,19H,9-15H2,1-8H3,(H,26,32)(H,27,33). The van der Waals surface area contributed by atoms with Crippen LogP contribution in [0.15, 0.2) is 4.42 Å². The first-order valence-corrected chi connectivity index (χ1v) is 12.9. The summed E-state index contributed by atoms with van der Waals surface area (Å²) >= 11 is 0. The fourth-order valence-electron chi connectivity index (χ4n) is 3.67. The van der Waals surface area contributed by atoms with Crippen molar-refractivity contribution in [3.63, 3.8) is 0 Å². The van der Waals surface area contributed by atoms with Gasteiger partial charge in [0.05, 0.1) is 12.6 Å². The van der Waals surface area contributed by atoms with Crippen molar-refractivity contribution in [2.75, 3.05) is 13.2 Å². The summed E-state index contributed by atoms with van der Waals surface area (Å²) in [4.78, 5) is 39.2. The lowest BCUT2D eigenvalue weighted by Crippen LogP contribution is -2.47. The highest BCUT2D eigenvalue weighted by Gasteiger charge is 2.37. The minimum absolute atomic E-state index is 0.0480. The van der Waals surface area contributed by atoms with Crippen LogP contribution in [0.4, 0.5) is 9.59 Å². The van der Waals surface area contributed by atoms with Gasteiger partial charge in [-0.2, -0.15) is 0 Å². The molecule has 1 saturated heterocycles. The van der Waals surface area contributed by atoms with Crippen LogP contribution in [-0.4, -0.2) is 69.7 Å². The predicted molar refractivity (Wildman–Crippen MR) is 135 cm³/mol. The molecule has 37 heavy (non-hydrogen) atoms. The molecular formula is C25H43N5O7. The zero-order chi connectivity index (χ0) is 27.8. The van der Waals surface area contributed by atoms with Crippen LogP contribution >= 0.6 is 0 Å². The van der Waals surface area contributed by atoms with Crippen LogP contribution in [0.5, 0.6) is 0 Å². The molecule has 12 heteroatoms. The number of likely N-dealkylation sites (tertiary alicyclic amines) is 1. The van der Waals surface area contributed by atoms with E-state index in [1.807, 2.05) is 0 Å². The van der Waals surface area contributed by atoms with Gasteiger partial charge in [0.1, 0.15) is 23.3 Å². The van der Waals surface area contributed by atoms with Gasteiger partial charge in [-0.25, -0.2) is 14.4 Å². The van der Waals surface area contributed by atoms with Crippen molar-refractivity contribution in [2.45, 2.75) is 117 Å². The summed E-state index contributed by atoms with van der Waals surface area (Å²) in [5, 5.41) is 13.5. The Hall–Kier alpha value is -2.89. The van der Waals surface area contributed by atoms with E-state index in [9.17, 15) is 14.4 Å². The molecule has 1 fully saturated rings. The zero-order valence-electron chi connectivity index (χ0n) is 23.4. The molecule has 1 aromatic heterocycles. The maximum Gasteiger partial charge on any atom is 0.408 e. The molecule has 0 radical (unpaired) electrons. The molecule has 1 aliphatic heterocycles. The number of nitrogens with one attached hydrogen (secondary N) is 2. The number of nitrogens with zero attached hydrogens (tertiary/aromatic N) is 3. The van der Waals surface area contributed by atoms with Crippen LogP contribution in [0, 0.1) is 0 Å². The van der Waals surface area contributed by atoms with Gasteiger partial charge in [0.15, 0.2) is 0 Å². The van der Waals surface area contributed by atoms with E-state index in [-0.39, 0.29) is 18.3 Å². The van der Waals surface area contributed by atoms with Gasteiger partial charge in [-0.1, -0.05) is 13.3 Å². The summed E-state index contributed by atoms with van der Waals surface area (Å²) in [6.07, 6.45) is 1.97. The number of hydrogen-bond donors (Lipinski definition) is 2. The van der Waals surface area contributed by atoms with Gasteiger partial charge in [-0.15, -0.1) is 10.2 Å². The van der Waals surface area contributed by atoms with Gasteiger partial charge in [0, 0.05) is 13.2 Å². The molecule has 1 aliphatic rings. The third-order valence-corrected chi connectivity index (χ3v) is 5.35. The average molecular weight is 526 g/mol. The number of urea groups is 1. The maximum atomic E-state index is 12.8. The summed E-state index contributed by atoms with van der Waals surface area (Å²) in [6, 6.07) is -1.81. The largest absolute Gasteiger partial charge is 0.458 e. The van der Waals surface area contributed by atoms with Crippen LogP contribution in [0.3, 0.4) is 0 Å². The van der Waals surface area contributed by atoms with Gasteiger partial charge in [0.25, 0.3) is 0 Å². The number of esters is 1. The molecule has 3 unspecified atom stereocenters. The van der Waals surface area contributed by atoms with Gasteiger partial charge in [-0.3, -0.25) is 0 Å². The highest BCUT2D eigenvalue weighted by Crippen LogP contribution is 2.22. The molecular weight excluding hydrogens is 482 g/mol. The number of alkyl carbamates (subject to hydrolysis) is 1. The Morgan fingerprint density at radius 1 is 1.11 bits per heavy atom. The van der Waals surface area contributed by atoms with E-state index in [1.54, 1.807) is 48.5 Å². The van der Waals surface area contributed by atoms with Crippen molar-refractivity contribution in [2.24, 2.45) is 0 Å². The molecule has 2 heterocycles. The molecule has 12 nitrogen and oxygen atoms in total. The summed E-state index contributed by atoms with van der Waals surface area (Å²) in [5.41, 5.74) is -1.32. The second-order valence-electron chi connectivity index (χ2n) is 11.1. The normalized spacial score (nSPS) is 17.7. The van der Waals surface area contributed by atoms with Gasteiger partial charge in [0.2, 0.25) is 11.8 Å².